The van der Waals surface area contributed by atoms with Gasteiger partial charge in [-0.15, -0.1) is 24.0 Å². The van der Waals surface area contributed by atoms with Crippen LogP contribution in [0.15, 0.2) is 32.3 Å². The average molecular weight is 488 g/mol. The van der Waals surface area contributed by atoms with Gasteiger partial charge in [0.1, 0.15) is 5.76 Å². The van der Waals surface area contributed by atoms with Gasteiger partial charge in [-0.1, -0.05) is 5.16 Å². The lowest BCUT2D eigenvalue weighted by atomic mass is 10.2. The van der Waals surface area contributed by atoms with Gasteiger partial charge in [0, 0.05) is 19.5 Å². The zero-order chi connectivity index (χ0) is 18.2. The van der Waals surface area contributed by atoms with Crippen molar-refractivity contribution >= 4 is 29.9 Å². The van der Waals surface area contributed by atoms with Gasteiger partial charge >= 0.3 is 0 Å². The van der Waals surface area contributed by atoms with Crippen LogP contribution in [0.25, 0.3) is 0 Å². The quantitative estimate of drug-likeness (QED) is 0.335. The molecule has 8 nitrogen and oxygen atoms in total. The maximum absolute atomic E-state index is 5.66. The Labute approximate surface area is 177 Å². The number of hydrogen-bond acceptors (Lipinski definition) is 6. The highest BCUT2D eigenvalue weighted by Crippen LogP contribution is 2.25. The molecule has 0 aromatic carbocycles. The third-order valence-corrected chi connectivity index (χ3v) is 4.42. The van der Waals surface area contributed by atoms with Crippen LogP contribution in [0.1, 0.15) is 43.3 Å². The lowest BCUT2D eigenvalue weighted by molar-refractivity contribution is 0.221. The van der Waals surface area contributed by atoms with Crippen molar-refractivity contribution in [2.75, 3.05) is 32.7 Å². The van der Waals surface area contributed by atoms with Crippen LogP contribution in [0.4, 0.5) is 0 Å². The van der Waals surface area contributed by atoms with Crippen LogP contribution in [-0.4, -0.2) is 53.7 Å². The predicted molar refractivity (Wildman–Crippen MR) is 114 cm³/mol. The topological polar surface area (TPSA) is 91.7 Å². The Morgan fingerprint density at radius 2 is 2.15 bits per heavy atom. The molecule has 2 aromatic rings. The summed E-state index contributed by atoms with van der Waals surface area (Å²) >= 11 is 0. The van der Waals surface area contributed by atoms with E-state index in [-0.39, 0.29) is 30.0 Å². The van der Waals surface area contributed by atoms with Crippen molar-refractivity contribution in [1.82, 2.24) is 25.7 Å². The van der Waals surface area contributed by atoms with Gasteiger partial charge in [0.15, 0.2) is 11.8 Å². The van der Waals surface area contributed by atoms with E-state index in [0.29, 0.717) is 31.2 Å². The van der Waals surface area contributed by atoms with Crippen molar-refractivity contribution in [2.45, 2.75) is 39.2 Å². The molecule has 1 saturated heterocycles. The van der Waals surface area contributed by atoms with E-state index in [1.807, 2.05) is 19.1 Å². The first kappa shape index (κ1) is 21.7. The molecule has 0 bridgehead atoms. The molecule has 3 rings (SSSR count). The van der Waals surface area contributed by atoms with Crippen LogP contribution < -0.4 is 10.6 Å². The largest absolute Gasteiger partial charge is 0.468 e. The Hall–Kier alpha value is -1.62. The van der Waals surface area contributed by atoms with E-state index in [9.17, 15) is 0 Å². The second kappa shape index (κ2) is 11.3. The fourth-order valence-electron chi connectivity index (χ4n) is 3.17. The van der Waals surface area contributed by atoms with Gasteiger partial charge < -0.3 is 19.6 Å². The number of aryl methyl sites for hydroxylation is 1. The molecular weight excluding hydrogens is 459 g/mol. The minimum absolute atomic E-state index is 0. The van der Waals surface area contributed by atoms with Gasteiger partial charge in [-0.05, 0) is 51.9 Å². The number of aliphatic imine (C=N–C) groups is 1. The van der Waals surface area contributed by atoms with Crippen LogP contribution >= 0.6 is 24.0 Å². The van der Waals surface area contributed by atoms with Gasteiger partial charge in [0.05, 0.1) is 18.8 Å². The van der Waals surface area contributed by atoms with Crippen molar-refractivity contribution in [2.24, 2.45) is 4.99 Å². The number of nitrogens with zero attached hydrogens (tertiary/aromatic N) is 4. The molecule has 9 heteroatoms. The summed E-state index contributed by atoms with van der Waals surface area (Å²) in [5.74, 6) is 3.07. The number of furan rings is 1. The van der Waals surface area contributed by atoms with Crippen LogP contribution in [0.2, 0.25) is 0 Å². The fourth-order valence-corrected chi connectivity index (χ4v) is 3.17. The molecule has 0 amide bonds. The molecule has 1 aliphatic rings. The molecule has 2 N–H and O–H groups in total. The van der Waals surface area contributed by atoms with Gasteiger partial charge in [-0.25, -0.2) is 0 Å². The number of likely N-dealkylation sites (tertiary alicyclic amines) is 1. The molecular formula is C18H29IN6O2. The van der Waals surface area contributed by atoms with Gasteiger partial charge in [0.25, 0.3) is 0 Å². The van der Waals surface area contributed by atoms with Gasteiger partial charge in [0.2, 0.25) is 5.89 Å². The van der Waals surface area contributed by atoms with Gasteiger partial charge in [-0.2, -0.15) is 4.98 Å². The van der Waals surface area contributed by atoms with E-state index in [0.717, 1.165) is 31.4 Å². The monoisotopic (exact) mass is 488 g/mol. The lowest BCUT2D eigenvalue weighted by Gasteiger charge is -2.24. The number of guanidine groups is 1. The zero-order valence-corrected chi connectivity index (χ0v) is 18.3. The second-order valence-corrected chi connectivity index (χ2v) is 6.41. The molecule has 2 aromatic heterocycles. The van der Waals surface area contributed by atoms with Crippen molar-refractivity contribution < 1.29 is 8.94 Å². The molecule has 1 fully saturated rings. The minimum Gasteiger partial charge on any atom is -0.468 e. The Balaban J connectivity index is 0.00000261. The van der Waals surface area contributed by atoms with E-state index < -0.39 is 0 Å². The summed E-state index contributed by atoms with van der Waals surface area (Å²) in [6.07, 6.45) is 4.88. The van der Waals surface area contributed by atoms with Crippen LogP contribution in [0, 0.1) is 6.92 Å². The number of hydrogen-bond donors (Lipinski definition) is 2. The molecule has 3 heterocycles. The summed E-state index contributed by atoms with van der Waals surface area (Å²) < 4.78 is 10.8. The predicted octanol–water partition coefficient (Wildman–Crippen LogP) is 2.52. The molecule has 1 atom stereocenters. The van der Waals surface area contributed by atoms with E-state index in [1.54, 1.807) is 6.26 Å². The summed E-state index contributed by atoms with van der Waals surface area (Å²) in [6.45, 7) is 8.22. The molecule has 150 valence electrons. The van der Waals surface area contributed by atoms with Crippen molar-refractivity contribution in [3.63, 3.8) is 0 Å². The standard InChI is InChI=1S/C18H28N6O2.HI/c1-3-19-18(20-9-8-17-22-14(2)23-26-17)21-13-15(16-7-6-12-25-16)24-10-4-5-11-24;/h6-7,12,15H,3-5,8-11,13H2,1-2H3,(H2,19,20,21);1H. The summed E-state index contributed by atoms with van der Waals surface area (Å²) in [4.78, 5) is 11.4. The first-order chi connectivity index (χ1) is 12.8. The molecule has 1 aliphatic heterocycles. The summed E-state index contributed by atoms with van der Waals surface area (Å²) in [7, 11) is 0. The average Bonchev–Trinajstić information content (AvgIpc) is 3.38. The second-order valence-electron chi connectivity index (χ2n) is 6.41. The highest BCUT2D eigenvalue weighted by molar-refractivity contribution is 14.0. The SMILES string of the molecule is CCNC(=NCC(c1ccco1)N1CCCC1)NCCc1nc(C)no1.I. The molecule has 27 heavy (non-hydrogen) atoms. The van der Waals surface area contributed by atoms with Crippen LogP contribution in [-0.2, 0) is 6.42 Å². The third kappa shape index (κ3) is 6.49. The lowest BCUT2D eigenvalue weighted by Crippen LogP contribution is -2.39. The first-order valence-corrected chi connectivity index (χ1v) is 9.35. The number of halogens is 1. The summed E-state index contributed by atoms with van der Waals surface area (Å²) in [5.41, 5.74) is 0. The Morgan fingerprint density at radius 1 is 1.33 bits per heavy atom. The normalized spacial score (nSPS) is 16.1. The Bertz CT molecular complexity index is 682. The van der Waals surface area contributed by atoms with Crippen LogP contribution in [0.5, 0.6) is 0 Å². The van der Waals surface area contributed by atoms with Crippen LogP contribution in [0.3, 0.4) is 0 Å². The molecule has 0 aliphatic carbocycles. The van der Waals surface area contributed by atoms with E-state index in [1.165, 1.54) is 12.8 Å². The van der Waals surface area contributed by atoms with Crippen molar-refractivity contribution in [3.8, 4) is 0 Å². The molecule has 0 radical (unpaired) electrons. The fraction of sp³-hybridized carbons (Fsp3) is 0.611. The van der Waals surface area contributed by atoms with E-state index in [2.05, 4.69) is 32.6 Å². The smallest absolute Gasteiger partial charge is 0.228 e. The van der Waals surface area contributed by atoms with Crippen molar-refractivity contribution in [3.05, 3.63) is 35.9 Å². The maximum atomic E-state index is 5.66. The molecule has 0 spiro atoms. The number of nitrogens with one attached hydrogen (secondary N) is 2. The summed E-state index contributed by atoms with van der Waals surface area (Å²) in [5, 5.41) is 10.4. The maximum Gasteiger partial charge on any atom is 0.228 e. The van der Waals surface area contributed by atoms with Crippen molar-refractivity contribution in [1.29, 1.82) is 0 Å². The first-order valence-electron chi connectivity index (χ1n) is 9.35. The Morgan fingerprint density at radius 3 is 2.78 bits per heavy atom. The molecule has 1 unspecified atom stereocenters. The number of rotatable bonds is 8. The van der Waals surface area contributed by atoms with E-state index >= 15 is 0 Å². The number of aromatic nitrogens is 2. The minimum atomic E-state index is 0. The molecule has 0 saturated carbocycles. The highest BCUT2D eigenvalue weighted by atomic mass is 127. The Kier molecular flexibility index (Phi) is 9.05. The third-order valence-electron chi connectivity index (χ3n) is 4.42. The van der Waals surface area contributed by atoms with Gasteiger partial charge in [-0.3, -0.25) is 9.89 Å². The highest BCUT2D eigenvalue weighted by Gasteiger charge is 2.25. The van der Waals surface area contributed by atoms with E-state index in [4.69, 9.17) is 13.9 Å². The zero-order valence-electron chi connectivity index (χ0n) is 16.0. The summed E-state index contributed by atoms with van der Waals surface area (Å²) in [6, 6.07) is 4.16.